The Morgan fingerprint density at radius 2 is 1.11 bits per heavy atom. The normalized spacial score (nSPS) is 5.74. The Hall–Kier alpha value is -1.31. The fourth-order valence-corrected chi connectivity index (χ4v) is 0.428. The van der Waals surface area contributed by atoms with Crippen LogP contribution in [-0.4, -0.2) is 11.4 Å². The molecular formula is C17H36O2. The van der Waals surface area contributed by atoms with Gasteiger partial charge in [-0.05, 0) is 12.1 Å². The van der Waals surface area contributed by atoms with Crippen molar-refractivity contribution >= 4 is 6.29 Å². The van der Waals surface area contributed by atoms with Crippen LogP contribution < -0.4 is 0 Å². The minimum atomic E-state index is 0.322. The molecule has 116 valence electrons. The average molecular weight is 272 g/mol. The lowest BCUT2D eigenvalue weighted by atomic mass is 10.3. The number of carbonyl (C=O) groups excluding carboxylic acids is 1. The van der Waals surface area contributed by atoms with Crippen LogP contribution in [0.5, 0.6) is 5.75 Å². The largest absolute Gasteiger partial charge is 0.508 e. The second-order valence-electron chi connectivity index (χ2n) is 1.91. The van der Waals surface area contributed by atoms with E-state index >= 15 is 0 Å². The maximum atomic E-state index is 9.17. The molecule has 2 heteroatoms. The van der Waals surface area contributed by atoms with E-state index in [1.165, 1.54) is 0 Å². The van der Waals surface area contributed by atoms with E-state index in [1.807, 2.05) is 68.4 Å². The Morgan fingerprint density at radius 1 is 0.842 bits per heavy atom. The molecule has 0 amide bonds. The van der Waals surface area contributed by atoms with Crippen LogP contribution in [0.15, 0.2) is 30.3 Å². The van der Waals surface area contributed by atoms with E-state index in [4.69, 9.17) is 5.11 Å². The number of hydrogen-bond acceptors (Lipinski definition) is 2. The highest BCUT2D eigenvalue weighted by Crippen LogP contribution is 2.02. The van der Waals surface area contributed by atoms with E-state index < -0.39 is 0 Å². The molecule has 2 nitrogen and oxygen atoms in total. The van der Waals surface area contributed by atoms with Crippen molar-refractivity contribution in [2.75, 3.05) is 0 Å². The van der Waals surface area contributed by atoms with Crippen LogP contribution in [0, 0.1) is 0 Å². The second-order valence-corrected chi connectivity index (χ2v) is 1.91. The molecule has 1 N–H and O–H groups in total. The van der Waals surface area contributed by atoms with Gasteiger partial charge in [-0.15, -0.1) is 0 Å². The summed E-state index contributed by atoms with van der Waals surface area (Å²) < 4.78 is 0. The van der Waals surface area contributed by atoms with Gasteiger partial charge in [0.05, 0.1) is 0 Å². The zero-order chi connectivity index (χ0) is 16.5. The van der Waals surface area contributed by atoms with Crippen molar-refractivity contribution in [1.29, 1.82) is 0 Å². The van der Waals surface area contributed by atoms with Crippen LogP contribution in [0.4, 0.5) is 0 Å². The summed E-state index contributed by atoms with van der Waals surface area (Å²) in [6.45, 7) is 17.8. The number of aromatic hydroxyl groups is 1. The van der Waals surface area contributed by atoms with Crippen LogP contribution >= 0.6 is 0 Å². The molecule has 0 atom stereocenters. The number of hydrogen-bond donors (Lipinski definition) is 1. The van der Waals surface area contributed by atoms with Crippen LogP contribution in [0.1, 0.15) is 68.7 Å². The summed E-state index contributed by atoms with van der Waals surface area (Å²) in [6.07, 6.45) is 1.51. The zero-order valence-electron chi connectivity index (χ0n) is 14.5. The van der Waals surface area contributed by atoms with Gasteiger partial charge in [0.2, 0.25) is 0 Å². The maximum Gasteiger partial charge on any atom is 0.119 e. The van der Waals surface area contributed by atoms with Crippen LogP contribution in [0.25, 0.3) is 0 Å². The van der Waals surface area contributed by atoms with Gasteiger partial charge >= 0.3 is 0 Å². The van der Waals surface area contributed by atoms with E-state index in [9.17, 15) is 4.79 Å². The molecule has 0 bridgehead atoms. The number of para-hydroxylation sites is 1. The molecule has 0 radical (unpaired) electrons. The molecule has 1 aromatic rings. The van der Waals surface area contributed by atoms with E-state index in [0.29, 0.717) is 12.2 Å². The predicted molar refractivity (Wildman–Crippen MR) is 89.9 cm³/mol. The Labute approximate surface area is 121 Å². The summed E-state index contributed by atoms with van der Waals surface area (Å²) in [7, 11) is 0. The molecule has 1 rings (SSSR count). The molecular weight excluding hydrogens is 236 g/mol. The van der Waals surface area contributed by atoms with Gasteiger partial charge in [0.25, 0.3) is 0 Å². The fourth-order valence-electron chi connectivity index (χ4n) is 0.428. The van der Waals surface area contributed by atoms with Gasteiger partial charge in [-0.3, -0.25) is 0 Å². The van der Waals surface area contributed by atoms with E-state index in [-0.39, 0.29) is 0 Å². The third kappa shape index (κ3) is 60.9. The smallest absolute Gasteiger partial charge is 0.119 e. The lowest BCUT2D eigenvalue weighted by Crippen LogP contribution is -1.56. The van der Waals surface area contributed by atoms with Crippen molar-refractivity contribution in [2.45, 2.75) is 68.7 Å². The quantitative estimate of drug-likeness (QED) is 0.628. The molecule has 0 aliphatic carbocycles. The molecule has 0 aromatic heterocycles. The van der Waals surface area contributed by atoms with Gasteiger partial charge in [-0.1, -0.05) is 80.5 Å². The summed E-state index contributed by atoms with van der Waals surface area (Å²) in [5.41, 5.74) is 0. The number of carbonyl (C=O) groups is 1. The van der Waals surface area contributed by atoms with Gasteiger partial charge in [0.15, 0.2) is 0 Å². The van der Waals surface area contributed by atoms with E-state index in [0.717, 1.165) is 6.29 Å². The van der Waals surface area contributed by atoms with Gasteiger partial charge in [-0.25, -0.2) is 0 Å². The first-order valence-corrected chi connectivity index (χ1v) is 7.49. The fraction of sp³-hybridized carbons (Fsp3) is 0.588. The van der Waals surface area contributed by atoms with Crippen molar-refractivity contribution in [2.24, 2.45) is 0 Å². The number of rotatable bonds is 1. The van der Waals surface area contributed by atoms with Crippen LogP contribution in [0.3, 0.4) is 0 Å². The first-order valence-electron chi connectivity index (χ1n) is 7.49. The molecule has 0 saturated carbocycles. The third-order valence-corrected chi connectivity index (χ3v) is 0.923. The molecule has 0 aliphatic heterocycles. The Kier molecular flexibility index (Phi) is 87.6. The highest BCUT2D eigenvalue weighted by molar-refractivity contribution is 5.48. The first-order chi connectivity index (χ1) is 9.31. The predicted octanol–water partition coefficient (Wildman–Crippen LogP) is 6.09. The minimum absolute atomic E-state index is 0.322. The highest BCUT2D eigenvalue weighted by Gasteiger charge is 1.74. The molecule has 0 fully saturated rings. The Morgan fingerprint density at radius 3 is 1.21 bits per heavy atom. The average Bonchev–Trinajstić information content (AvgIpc) is 2.56. The van der Waals surface area contributed by atoms with Gasteiger partial charge in [0, 0.05) is 6.42 Å². The topological polar surface area (TPSA) is 37.3 Å². The number of phenols is 1. The molecule has 0 spiro atoms. The molecule has 0 heterocycles. The first kappa shape index (κ1) is 30.6. The minimum Gasteiger partial charge on any atom is -0.508 e. The summed E-state index contributed by atoms with van der Waals surface area (Å²) >= 11 is 0. The summed E-state index contributed by atoms with van der Waals surface area (Å²) in [6, 6.07) is 8.71. The van der Waals surface area contributed by atoms with Crippen LogP contribution in [-0.2, 0) is 4.79 Å². The summed E-state index contributed by atoms with van der Waals surface area (Å²) in [5, 5.41) is 8.63. The molecule has 1 aromatic carbocycles. The van der Waals surface area contributed by atoms with Crippen molar-refractivity contribution < 1.29 is 9.90 Å². The number of phenolic OH excluding ortho intramolecular Hbond substituents is 1. The monoisotopic (exact) mass is 272 g/mol. The van der Waals surface area contributed by atoms with Crippen molar-refractivity contribution in [3.63, 3.8) is 0 Å². The Bertz CT molecular complexity index is 184. The van der Waals surface area contributed by atoms with Crippen molar-refractivity contribution in [3.8, 4) is 5.75 Å². The lowest BCUT2D eigenvalue weighted by molar-refractivity contribution is -0.107. The standard InChI is InChI=1S/C6H6O.C3H6O.4C2H6/c7-6-4-2-1-3-5-6;1-2-3-4;4*1-2/h1-5,7H;3H,2H2,1H3;4*1-2H3. The molecule has 0 aliphatic rings. The van der Waals surface area contributed by atoms with Gasteiger partial charge < -0.3 is 9.90 Å². The van der Waals surface area contributed by atoms with Crippen LogP contribution in [0.2, 0.25) is 0 Å². The lowest BCUT2D eigenvalue weighted by Gasteiger charge is -1.82. The summed E-state index contributed by atoms with van der Waals surface area (Å²) in [5.74, 6) is 0.322. The second kappa shape index (κ2) is 54.4. The molecule has 0 unspecified atom stereocenters. The number of aldehydes is 1. The van der Waals surface area contributed by atoms with Crippen molar-refractivity contribution in [3.05, 3.63) is 30.3 Å². The summed E-state index contributed by atoms with van der Waals surface area (Å²) in [4.78, 5) is 9.17. The SMILES string of the molecule is CC.CC.CC.CC.CCC=O.Oc1ccccc1. The maximum absolute atomic E-state index is 9.17. The van der Waals surface area contributed by atoms with Crippen molar-refractivity contribution in [1.82, 2.24) is 0 Å². The zero-order valence-corrected chi connectivity index (χ0v) is 14.5. The Balaban J connectivity index is -0.0000000475. The number of benzene rings is 1. The van der Waals surface area contributed by atoms with Gasteiger partial charge in [-0.2, -0.15) is 0 Å². The third-order valence-electron chi connectivity index (χ3n) is 0.923. The molecule has 0 saturated heterocycles. The molecule has 19 heavy (non-hydrogen) atoms. The van der Waals surface area contributed by atoms with E-state index in [1.54, 1.807) is 24.3 Å². The van der Waals surface area contributed by atoms with E-state index in [2.05, 4.69) is 0 Å². The van der Waals surface area contributed by atoms with Gasteiger partial charge in [0.1, 0.15) is 12.0 Å². The highest BCUT2D eigenvalue weighted by atomic mass is 16.3.